The van der Waals surface area contributed by atoms with Gasteiger partial charge in [-0.1, -0.05) is 84.3 Å². The molecular weight excluding hydrogens is 889 g/mol. The lowest BCUT2D eigenvalue weighted by atomic mass is 10.1. The second-order valence-corrected chi connectivity index (χ2v) is 17.5. The van der Waals surface area contributed by atoms with E-state index in [0.29, 0.717) is 47.6 Å². The maximum atomic E-state index is 12.9. The number of rotatable bonds is 8. The number of aliphatic hydroxyl groups is 2. The van der Waals surface area contributed by atoms with Crippen LogP contribution in [-0.2, 0) is 12.8 Å². The number of benzene rings is 4. The molecule has 6 N–H and O–H groups in total. The lowest BCUT2D eigenvalue weighted by Gasteiger charge is -2.15. The molecule has 0 spiro atoms. The van der Waals surface area contributed by atoms with Crippen molar-refractivity contribution in [1.82, 2.24) is 60.1 Å². The standard InChI is InChI=1S/2C26H24N6O3/c2*1-26(2,34)11-10-18-8-9-21-20(14-18)32-13-12-27-24(32)19(16-35-21)28-25(33)23-29-22(30-31-23)15-17-6-4-3-5-7-17/h2*3-9,12-14,19,34H,15-16H2,1-2H3,(H,28,33)(H,29,30,31)/t2*19-/m10/s1. The number of imidazole rings is 2. The number of fused-ring (bicyclic) bond motifs is 6. The van der Waals surface area contributed by atoms with Crippen molar-refractivity contribution in [2.45, 2.75) is 63.8 Å². The highest BCUT2D eigenvalue weighted by molar-refractivity contribution is 5.91. The predicted octanol–water partition coefficient (Wildman–Crippen LogP) is 5.13. The van der Waals surface area contributed by atoms with Crippen LogP contribution >= 0.6 is 0 Å². The SMILES string of the molecule is CC(C)(O)C#Cc1ccc2c(c1)-n1ccnc1[C@@H](NC(=O)c1n[nH]c(Cc3ccccc3)n1)CO2.CC(C)(O)C#Cc1ccc2c(c1)-n1ccnc1[C@H](NC(=O)c1n[nH]c(Cc3ccccc3)n1)CO2. The van der Waals surface area contributed by atoms with Crippen LogP contribution < -0.4 is 20.1 Å². The van der Waals surface area contributed by atoms with Crippen LogP contribution in [0.1, 0.15) is 107 Å². The molecule has 4 aromatic heterocycles. The second kappa shape index (κ2) is 19.8. The summed E-state index contributed by atoms with van der Waals surface area (Å²) in [6.07, 6.45) is 8.05. The fraction of sp³-hybridized carbons (Fsp3) is 0.231. The second-order valence-electron chi connectivity index (χ2n) is 17.5. The zero-order valence-electron chi connectivity index (χ0n) is 38.6. The molecule has 0 bridgehead atoms. The Bertz CT molecular complexity index is 3060. The largest absolute Gasteiger partial charge is 0.489 e. The van der Waals surface area contributed by atoms with Gasteiger partial charge in [-0.2, -0.15) is 0 Å². The van der Waals surface area contributed by atoms with Crippen molar-refractivity contribution in [3.05, 3.63) is 179 Å². The van der Waals surface area contributed by atoms with E-state index in [4.69, 9.17) is 9.47 Å². The first-order valence-corrected chi connectivity index (χ1v) is 22.4. The first-order chi connectivity index (χ1) is 33.7. The minimum Gasteiger partial charge on any atom is -0.489 e. The van der Waals surface area contributed by atoms with Crippen LogP contribution in [0.15, 0.2) is 122 Å². The van der Waals surface area contributed by atoms with Crippen LogP contribution in [0.4, 0.5) is 0 Å². The number of hydrogen-bond acceptors (Lipinski definition) is 12. The average Bonchev–Trinajstić information content (AvgIpc) is 4.19. The van der Waals surface area contributed by atoms with Gasteiger partial charge in [-0.05, 0) is 75.2 Å². The van der Waals surface area contributed by atoms with Gasteiger partial charge in [-0.15, -0.1) is 10.2 Å². The highest BCUT2D eigenvalue weighted by atomic mass is 16.5. The van der Waals surface area contributed by atoms with Gasteiger partial charge >= 0.3 is 0 Å². The fourth-order valence-electron chi connectivity index (χ4n) is 7.50. The average molecular weight is 937 g/mol. The third kappa shape index (κ3) is 11.3. The Hall–Kier alpha value is -8.84. The zero-order chi connectivity index (χ0) is 48.8. The predicted molar refractivity (Wildman–Crippen MR) is 256 cm³/mol. The molecule has 2 aliphatic heterocycles. The molecule has 70 heavy (non-hydrogen) atoms. The van der Waals surface area contributed by atoms with Crippen molar-refractivity contribution < 1.29 is 29.3 Å². The van der Waals surface area contributed by atoms with E-state index < -0.39 is 35.1 Å². The van der Waals surface area contributed by atoms with Crippen LogP contribution in [0, 0.1) is 23.7 Å². The number of H-pyrrole nitrogens is 2. The molecule has 18 nitrogen and oxygen atoms in total. The van der Waals surface area contributed by atoms with Gasteiger partial charge in [0.1, 0.15) is 71.3 Å². The lowest BCUT2D eigenvalue weighted by molar-refractivity contribution is 0.0902. The minimum atomic E-state index is -1.10. The molecule has 10 rings (SSSR count). The number of aromatic amines is 2. The molecule has 0 radical (unpaired) electrons. The number of aromatic nitrogens is 10. The Morgan fingerprint density at radius 3 is 1.46 bits per heavy atom. The van der Waals surface area contributed by atoms with Gasteiger partial charge in [0, 0.05) is 48.8 Å². The Balaban J connectivity index is 0.000000174. The smallest absolute Gasteiger partial charge is 0.291 e. The summed E-state index contributed by atoms with van der Waals surface area (Å²) in [5, 5.41) is 39.5. The van der Waals surface area contributed by atoms with Gasteiger partial charge in [0.05, 0.1) is 11.4 Å². The van der Waals surface area contributed by atoms with Gasteiger partial charge in [-0.3, -0.25) is 28.9 Å². The number of carbonyl (C=O) groups excluding carboxylic acids is 2. The van der Waals surface area contributed by atoms with Gasteiger partial charge < -0.3 is 30.3 Å². The monoisotopic (exact) mass is 936 g/mol. The van der Waals surface area contributed by atoms with Crippen LogP contribution in [0.3, 0.4) is 0 Å². The third-order valence-corrected chi connectivity index (χ3v) is 10.7. The summed E-state index contributed by atoms with van der Waals surface area (Å²) < 4.78 is 15.7. The van der Waals surface area contributed by atoms with Crippen molar-refractivity contribution in [2.75, 3.05) is 13.2 Å². The summed E-state index contributed by atoms with van der Waals surface area (Å²) in [4.78, 5) is 43.5. The van der Waals surface area contributed by atoms with E-state index in [-0.39, 0.29) is 24.9 Å². The van der Waals surface area contributed by atoms with E-state index in [2.05, 4.69) is 74.6 Å². The van der Waals surface area contributed by atoms with Gasteiger partial charge in [0.2, 0.25) is 11.6 Å². The normalized spacial score (nSPS) is 14.5. The number of ether oxygens (including phenoxy) is 2. The first-order valence-electron chi connectivity index (χ1n) is 22.4. The third-order valence-electron chi connectivity index (χ3n) is 10.7. The lowest BCUT2D eigenvalue weighted by Crippen LogP contribution is -2.33. The molecule has 2 atom stereocenters. The van der Waals surface area contributed by atoms with E-state index in [0.717, 1.165) is 33.6 Å². The minimum absolute atomic E-state index is 0.0555. The summed E-state index contributed by atoms with van der Waals surface area (Å²) in [6, 6.07) is 29.7. The number of hydrogen-bond donors (Lipinski definition) is 6. The van der Waals surface area contributed by atoms with Crippen molar-refractivity contribution in [3.8, 4) is 46.6 Å². The summed E-state index contributed by atoms with van der Waals surface area (Å²) in [5.41, 5.74) is 2.89. The van der Waals surface area contributed by atoms with Crippen molar-refractivity contribution >= 4 is 11.8 Å². The van der Waals surface area contributed by atoms with E-state index in [9.17, 15) is 19.8 Å². The Morgan fingerprint density at radius 2 is 1.06 bits per heavy atom. The molecule has 6 heterocycles. The molecule has 18 heteroatoms. The summed E-state index contributed by atoms with van der Waals surface area (Å²) in [7, 11) is 0. The highest BCUT2D eigenvalue weighted by Gasteiger charge is 2.29. The molecule has 352 valence electrons. The molecule has 0 saturated carbocycles. The highest BCUT2D eigenvalue weighted by Crippen LogP contribution is 2.33. The van der Waals surface area contributed by atoms with Crippen LogP contribution in [0.5, 0.6) is 11.5 Å². The molecule has 2 aliphatic rings. The molecule has 0 saturated heterocycles. The first kappa shape index (κ1) is 46.3. The summed E-state index contributed by atoms with van der Waals surface area (Å²) in [6.45, 7) is 6.90. The topological polar surface area (TPSA) is 236 Å². The van der Waals surface area contributed by atoms with Crippen molar-refractivity contribution in [1.29, 1.82) is 0 Å². The number of carbonyl (C=O) groups is 2. The maximum absolute atomic E-state index is 12.9. The van der Waals surface area contributed by atoms with Crippen molar-refractivity contribution in [2.24, 2.45) is 0 Å². The summed E-state index contributed by atoms with van der Waals surface area (Å²) in [5.74, 6) is 14.6. The van der Waals surface area contributed by atoms with Crippen LogP contribution in [0.2, 0.25) is 0 Å². The molecule has 8 aromatic rings. The Kier molecular flexibility index (Phi) is 13.1. The quantitative estimate of drug-likeness (QED) is 0.109. The number of nitrogens with one attached hydrogen (secondary N) is 4. The van der Waals surface area contributed by atoms with E-state index >= 15 is 0 Å². The Labute approximate surface area is 402 Å². The van der Waals surface area contributed by atoms with E-state index in [1.54, 1.807) is 52.5 Å². The number of amides is 2. The van der Waals surface area contributed by atoms with E-state index in [1.165, 1.54) is 0 Å². The molecule has 0 aliphatic carbocycles. The molecular formula is C52H48N12O6. The Morgan fingerprint density at radius 1 is 0.643 bits per heavy atom. The zero-order valence-corrected chi connectivity index (χ0v) is 38.6. The maximum Gasteiger partial charge on any atom is 0.291 e. The number of nitrogens with zero attached hydrogens (tertiary/aromatic N) is 8. The molecule has 2 amide bonds. The van der Waals surface area contributed by atoms with Crippen LogP contribution in [-0.4, -0.2) is 95.9 Å². The van der Waals surface area contributed by atoms with Gasteiger partial charge in [-0.25, -0.2) is 19.9 Å². The van der Waals surface area contributed by atoms with Crippen molar-refractivity contribution in [3.63, 3.8) is 0 Å². The molecule has 0 fully saturated rings. The molecule has 4 aromatic carbocycles. The summed E-state index contributed by atoms with van der Waals surface area (Å²) >= 11 is 0. The van der Waals surface area contributed by atoms with Gasteiger partial charge in [0.25, 0.3) is 11.8 Å². The molecule has 0 unspecified atom stereocenters. The fourth-order valence-corrected chi connectivity index (χ4v) is 7.50. The van der Waals surface area contributed by atoms with E-state index in [1.807, 2.05) is 106 Å². The van der Waals surface area contributed by atoms with Crippen LogP contribution in [0.25, 0.3) is 11.4 Å². The van der Waals surface area contributed by atoms with Gasteiger partial charge in [0.15, 0.2) is 0 Å².